The Morgan fingerprint density at radius 1 is 1.03 bits per heavy atom. The van der Waals surface area contributed by atoms with Gasteiger partial charge in [-0.15, -0.1) is 35.8 Å². The van der Waals surface area contributed by atoms with Gasteiger partial charge in [0.25, 0.3) is 0 Å². The van der Waals surface area contributed by atoms with Crippen molar-refractivity contribution in [1.82, 2.24) is 20.4 Å². The number of benzene rings is 1. The van der Waals surface area contributed by atoms with Gasteiger partial charge in [-0.2, -0.15) is 0 Å². The van der Waals surface area contributed by atoms with Crippen LogP contribution < -0.4 is 15.0 Å². The summed E-state index contributed by atoms with van der Waals surface area (Å²) in [6, 6.07) is 4.15. The van der Waals surface area contributed by atoms with Crippen molar-refractivity contribution in [2.45, 2.75) is 50.0 Å². The molecule has 0 radical (unpaired) electrons. The molecule has 192 valence electrons. The molecule has 7 nitrogen and oxygen atoms in total. The number of rotatable bonds is 4. The zero-order valence-electron chi connectivity index (χ0n) is 19.2. The molecule has 2 heterocycles. The number of hydrogen-bond donors (Lipinski definition) is 1. The Labute approximate surface area is 205 Å². The van der Waals surface area contributed by atoms with Crippen molar-refractivity contribution < 1.29 is 31.5 Å². The van der Waals surface area contributed by atoms with Crippen LogP contribution in [0.4, 0.5) is 32.6 Å². The van der Waals surface area contributed by atoms with Gasteiger partial charge in [0.15, 0.2) is 5.82 Å². The summed E-state index contributed by atoms with van der Waals surface area (Å²) in [4.78, 5) is 16.1. The van der Waals surface area contributed by atoms with Crippen LogP contribution in [0, 0.1) is 18.6 Å². The van der Waals surface area contributed by atoms with Gasteiger partial charge in [0, 0.05) is 17.7 Å². The molecule has 0 atom stereocenters. The first kappa shape index (κ1) is 26.9. The number of amides is 2. The number of alkyl halides is 3. The molecule has 2 aromatic rings. The zero-order chi connectivity index (χ0) is 24.9. The molecule has 13 heteroatoms. The minimum atomic E-state index is -4.90. The van der Waals surface area contributed by atoms with Crippen molar-refractivity contribution in [2.75, 3.05) is 25.5 Å². The molecule has 1 saturated heterocycles. The second-order valence-electron chi connectivity index (χ2n) is 9.12. The molecule has 4 rings (SSSR count). The molecule has 1 aromatic heterocycles. The quantitative estimate of drug-likeness (QED) is 0.592. The minimum absolute atomic E-state index is 0. The average molecular weight is 522 g/mol. The fourth-order valence-electron chi connectivity index (χ4n) is 5.01. The highest BCUT2D eigenvalue weighted by Gasteiger charge is 2.51. The number of anilines is 1. The Hall–Kier alpha value is -2.73. The summed E-state index contributed by atoms with van der Waals surface area (Å²) in [5.74, 6) is -1.87. The lowest BCUT2D eigenvalue weighted by atomic mass is 9.69. The van der Waals surface area contributed by atoms with E-state index in [1.54, 1.807) is 0 Å². The van der Waals surface area contributed by atoms with Crippen LogP contribution in [0.25, 0.3) is 0 Å². The first-order valence-electron chi connectivity index (χ1n) is 10.7. The van der Waals surface area contributed by atoms with Crippen molar-refractivity contribution in [1.29, 1.82) is 0 Å². The number of urea groups is 1. The molecule has 0 bridgehead atoms. The molecule has 0 unspecified atom stereocenters. The van der Waals surface area contributed by atoms with Crippen LogP contribution in [-0.2, 0) is 5.54 Å². The number of ether oxygens (including phenoxy) is 1. The van der Waals surface area contributed by atoms with Crippen LogP contribution in [0.2, 0.25) is 0 Å². The highest BCUT2D eigenvalue weighted by atomic mass is 35.5. The second-order valence-corrected chi connectivity index (χ2v) is 9.12. The fourth-order valence-corrected chi connectivity index (χ4v) is 5.01. The van der Waals surface area contributed by atoms with Gasteiger partial charge >= 0.3 is 12.4 Å². The van der Waals surface area contributed by atoms with Crippen molar-refractivity contribution >= 4 is 24.3 Å². The number of carbonyl (C=O) groups excluding carboxylic acids is 1. The highest BCUT2D eigenvalue weighted by molar-refractivity contribution is 5.95. The Morgan fingerprint density at radius 2 is 1.63 bits per heavy atom. The van der Waals surface area contributed by atoms with Crippen LogP contribution in [0.15, 0.2) is 24.3 Å². The topological polar surface area (TPSA) is 70.6 Å². The van der Waals surface area contributed by atoms with E-state index in [1.807, 2.05) is 19.0 Å². The summed E-state index contributed by atoms with van der Waals surface area (Å²) in [5, 5.41) is 10.2. The van der Waals surface area contributed by atoms with E-state index in [1.165, 1.54) is 24.0 Å². The lowest BCUT2D eigenvalue weighted by molar-refractivity contribution is -0.276. The maximum absolute atomic E-state index is 14.0. The smallest absolute Gasteiger partial charge is 0.386 e. The summed E-state index contributed by atoms with van der Waals surface area (Å²) in [6.07, 6.45) is -2.80. The number of nitrogens with one attached hydrogen (secondary N) is 1. The molecule has 2 aliphatic rings. The summed E-state index contributed by atoms with van der Waals surface area (Å²) in [7, 11) is 3.70. The van der Waals surface area contributed by atoms with Crippen LogP contribution in [-0.4, -0.2) is 53.7 Å². The zero-order valence-corrected chi connectivity index (χ0v) is 20.1. The predicted molar refractivity (Wildman–Crippen MR) is 119 cm³/mol. The molecule has 1 aromatic carbocycles. The number of carbonyl (C=O) groups is 1. The predicted octanol–water partition coefficient (Wildman–Crippen LogP) is 4.68. The van der Waals surface area contributed by atoms with Crippen molar-refractivity contribution in [3.05, 3.63) is 47.0 Å². The summed E-state index contributed by atoms with van der Waals surface area (Å²) in [5.41, 5.74) is -0.390. The van der Waals surface area contributed by atoms with E-state index in [2.05, 4.69) is 20.3 Å². The van der Waals surface area contributed by atoms with Gasteiger partial charge in [-0.3, -0.25) is 9.80 Å². The standard InChI is InChI=1S/C22H24F5N5O2.ClH/c1-13-8-17(34-22(25,26)27)29-30-18(13)32-12-20(28-19(32)33)4-6-21(7-5-20,31(2)3)14-9-15(23)11-16(24)10-14;/h8-11H,4-7,12H2,1-3H3,(H,28,33);1H. The molecule has 35 heavy (non-hydrogen) atoms. The minimum Gasteiger partial charge on any atom is -0.386 e. The third kappa shape index (κ3) is 5.27. The first-order valence-corrected chi connectivity index (χ1v) is 10.7. The SMILES string of the molecule is Cc1cc(OC(F)(F)F)nnc1N1CC2(CCC(c3cc(F)cc(F)c3)(N(C)C)CC2)NC1=O.Cl. The molecule has 1 N–H and O–H groups in total. The summed E-state index contributed by atoms with van der Waals surface area (Å²) >= 11 is 0. The maximum Gasteiger partial charge on any atom is 0.574 e. The second kappa shape index (κ2) is 9.38. The molecule has 1 aliphatic heterocycles. The van der Waals surface area contributed by atoms with E-state index in [0.717, 1.165) is 12.1 Å². The van der Waals surface area contributed by atoms with Crippen LogP contribution >= 0.6 is 12.4 Å². The van der Waals surface area contributed by atoms with Crippen molar-refractivity contribution in [3.63, 3.8) is 0 Å². The fraction of sp³-hybridized carbons (Fsp3) is 0.500. The average Bonchev–Trinajstić information content (AvgIpc) is 3.02. The van der Waals surface area contributed by atoms with Gasteiger partial charge in [-0.1, -0.05) is 0 Å². The first-order chi connectivity index (χ1) is 15.8. The Balaban J connectivity index is 0.00000342. The van der Waals surface area contributed by atoms with Gasteiger partial charge in [0.2, 0.25) is 5.88 Å². The number of halogens is 6. The van der Waals surface area contributed by atoms with Gasteiger partial charge in [-0.05, 0) is 70.0 Å². The van der Waals surface area contributed by atoms with Gasteiger partial charge < -0.3 is 10.1 Å². The maximum atomic E-state index is 14.0. The molecular formula is C22H25ClF5N5O2. The normalized spacial score (nSPS) is 24.5. The monoisotopic (exact) mass is 521 g/mol. The molecule has 1 aliphatic carbocycles. The third-order valence-corrected chi connectivity index (χ3v) is 6.78. The largest absolute Gasteiger partial charge is 0.574 e. The molecule has 1 spiro atoms. The summed E-state index contributed by atoms with van der Waals surface area (Å²) < 4.78 is 69.0. The number of aryl methyl sites for hydroxylation is 1. The van der Waals surface area contributed by atoms with E-state index >= 15 is 0 Å². The van der Waals surface area contributed by atoms with Crippen LogP contribution in [0.3, 0.4) is 0 Å². The number of nitrogens with zero attached hydrogens (tertiary/aromatic N) is 4. The Morgan fingerprint density at radius 3 is 2.14 bits per heavy atom. The Kier molecular flexibility index (Phi) is 7.20. The van der Waals surface area contributed by atoms with E-state index in [0.29, 0.717) is 36.8 Å². The number of hydrogen-bond acceptors (Lipinski definition) is 5. The molecule has 2 fully saturated rings. The van der Waals surface area contributed by atoms with E-state index in [-0.39, 0.29) is 24.8 Å². The van der Waals surface area contributed by atoms with Crippen molar-refractivity contribution in [3.8, 4) is 5.88 Å². The van der Waals surface area contributed by atoms with E-state index in [9.17, 15) is 26.7 Å². The number of aromatic nitrogens is 2. The van der Waals surface area contributed by atoms with Crippen LogP contribution in [0.1, 0.15) is 36.8 Å². The highest BCUT2D eigenvalue weighted by Crippen LogP contribution is 2.46. The summed E-state index contributed by atoms with van der Waals surface area (Å²) in [6.45, 7) is 1.75. The molecular weight excluding hydrogens is 497 g/mol. The lowest BCUT2D eigenvalue weighted by Gasteiger charge is -2.48. The third-order valence-electron chi connectivity index (χ3n) is 6.78. The molecule has 1 saturated carbocycles. The lowest BCUT2D eigenvalue weighted by Crippen LogP contribution is -2.54. The van der Waals surface area contributed by atoms with Crippen LogP contribution in [0.5, 0.6) is 5.88 Å². The van der Waals surface area contributed by atoms with Gasteiger partial charge in [0.1, 0.15) is 11.6 Å². The van der Waals surface area contributed by atoms with Gasteiger partial charge in [0.05, 0.1) is 12.1 Å². The van der Waals surface area contributed by atoms with Crippen molar-refractivity contribution in [2.24, 2.45) is 0 Å². The Bertz CT molecular complexity index is 1090. The van der Waals surface area contributed by atoms with Gasteiger partial charge in [-0.25, -0.2) is 13.6 Å². The molecule has 2 amide bonds. The van der Waals surface area contributed by atoms with E-state index < -0.39 is 41.0 Å². The van der Waals surface area contributed by atoms with E-state index in [4.69, 9.17) is 0 Å².